The quantitative estimate of drug-likeness (QED) is 0.475. The first-order chi connectivity index (χ1) is 2.77. The van der Waals surface area contributed by atoms with Gasteiger partial charge in [0, 0.05) is 6.26 Å². The first-order valence-corrected chi connectivity index (χ1v) is 2.49. The lowest BCUT2D eigenvalue weighted by atomic mass is 11.2. The SMILES string of the molecule is CS[N]C(N)=O. The molecule has 0 unspecified atom stereocenters. The molecule has 0 saturated carbocycles. The molecule has 0 rings (SSSR count). The van der Waals surface area contributed by atoms with Crippen molar-refractivity contribution in [2.45, 2.75) is 0 Å². The summed E-state index contributed by atoms with van der Waals surface area (Å²) in [5, 5.41) is 0. The maximum absolute atomic E-state index is 9.63. The van der Waals surface area contributed by atoms with Gasteiger partial charge in [0.1, 0.15) is 0 Å². The minimum atomic E-state index is -0.623. The Balaban J connectivity index is 2.83. The average molecular weight is 105 g/mol. The molecule has 3 nitrogen and oxygen atoms in total. The van der Waals surface area contributed by atoms with Crippen molar-refractivity contribution in [3.05, 3.63) is 0 Å². The average Bonchev–Trinajstić information content (AvgIpc) is 1.35. The molecule has 6 heavy (non-hydrogen) atoms. The van der Waals surface area contributed by atoms with E-state index in [9.17, 15) is 4.79 Å². The van der Waals surface area contributed by atoms with Gasteiger partial charge in [-0.25, -0.2) is 4.79 Å². The molecular weight excluding hydrogens is 100 g/mol. The van der Waals surface area contributed by atoms with E-state index < -0.39 is 6.03 Å². The van der Waals surface area contributed by atoms with Gasteiger partial charge in [-0.1, -0.05) is 0 Å². The van der Waals surface area contributed by atoms with E-state index >= 15 is 0 Å². The molecular formula is C2H5N2OS. The molecule has 0 aromatic heterocycles. The third-order valence-corrected chi connectivity index (χ3v) is 0.544. The highest BCUT2D eigenvalue weighted by Crippen LogP contribution is 1.80. The van der Waals surface area contributed by atoms with Gasteiger partial charge in [-0.15, -0.1) is 0 Å². The van der Waals surface area contributed by atoms with Crippen molar-refractivity contribution in [2.24, 2.45) is 5.73 Å². The summed E-state index contributed by atoms with van der Waals surface area (Å²) in [7, 11) is 0. The van der Waals surface area contributed by atoms with E-state index in [2.05, 4.69) is 10.5 Å². The topological polar surface area (TPSA) is 57.2 Å². The Morgan fingerprint density at radius 2 is 2.50 bits per heavy atom. The third kappa shape index (κ3) is 3.62. The van der Waals surface area contributed by atoms with Gasteiger partial charge in [0.15, 0.2) is 0 Å². The maximum Gasteiger partial charge on any atom is 0.345 e. The number of hydrogen-bond donors (Lipinski definition) is 1. The zero-order valence-corrected chi connectivity index (χ0v) is 4.16. The summed E-state index contributed by atoms with van der Waals surface area (Å²) >= 11 is 1.06. The van der Waals surface area contributed by atoms with Crippen LogP contribution in [0.1, 0.15) is 0 Å². The lowest BCUT2D eigenvalue weighted by Crippen LogP contribution is -2.15. The number of carbonyl (C=O) groups excluding carboxylic acids is 1. The van der Waals surface area contributed by atoms with E-state index in [0.717, 1.165) is 11.9 Å². The number of hydrogen-bond acceptors (Lipinski definition) is 2. The predicted octanol–water partition coefficient (Wildman–Crippen LogP) is -0.0525. The molecule has 0 fully saturated rings. The number of primary amides is 1. The highest BCUT2D eigenvalue weighted by Gasteiger charge is 1.84. The molecule has 0 aliphatic rings. The molecule has 0 aromatic carbocycles. The zero-order chi connectivity index (χ0) is 4.99. The summed E-state index contributed by atoms with van der Waals surface area (Å²) in [6.07, 6.45) is 1.67. The Morgan fingerprint density at radius 1 is 2.00 bits per heavy atom. The molecule has 1 radical (unpaired) electrons. The third-order valence-electron chi connectivity index (χ3n) is 0.181. The number of urea groups is 1. The van der Waals surface area contributed by atoms with Crippen LogP contribution in [0.2, 0.25) is 0 Å². The van der Waals surface area contributed by atoms with Crippen LogP contribution in [0.3, 0.4) is 0 Å². The Kier molecular flexibility index (Phi) is 2.66. The van der Waals surface area contributed by atoms with Crippen LogP contribution in [-0.4, -0.2) is 12.3 Å². The number of rotatable bonds is 1. The van der Waals surface area contributed by atoms with Crippen LogP contribution in [0, 0.1) is 0 Å². The summed E-state index contributed by atoms with van der Waals surface area (Å²) in [5.74, 6) is 0. The normalized spacial score (nSPS) is 7.50. The van der Waals surface area contributed by atoms with E-state index in [1.807, 2.05) is 0 Å². The van der Waals surface area contributed by atoms with Crippen LogP contribution in [0.4, 0.5) is 4.79 Å². The summed E-state index contributed by atoms with van der Waals surface area (Å²) in [6, 6.07) is -0.623. The molecule has 4 heteroatoms. The fourth-order valence-corrected chi connectivity index (χ4v) is 0.270. The molecule has 0 aliphatic heterocycles. The molecule has 0 atom stereocenters. The van der Waals surface area contributed by atoms with Gasteiger partial charge < -0.3 is 5.73 Å². The van der Waals surface area contributed by atoms with Crippen molar-refractivity contribution in [3.8, 4) is 0 Å². The van der Waals surface area contributed by atoms with E-state index in [1.165, 1.54) is 0 Å². The summed E-state index contributed by atoms with van der Waals surface area (Å²) < 4.78 is 3.18. The Hall–Kier alpha value is -0.380. The van der Waals surface area contributed by atoms with Gasteiger partial charge in [-0.05, 0) is 11.9 Å². The van der Waals surface area contributed by atoms with Gasteiger partial charge in [0.2, 0.25) is 0 Å². The number of amides is 2. The van der Waals surface area contributed by atoms with Gasteiger partial charge in [-0.2, -0.15) is 4.72 Å². The Morgan fingerprint density at radius 3 is 2.50 bits per heavy atom. The molecule has 0 spiro atoms. The first-order valence-electron chi connectivity index (χ1n) is 1.31. The second-order valence-electron chi connectivity index (χ2n) is 0.612. The van der Waals surface area contributed by atoms with Gasteiger partial charge in [0.25, 0.3) is 0 Å². The molecule has 0 heterocycles. The second-order valence-corrected chi connectivity index (χ2v) is 1.16. The number of nitrogens with zero attached hydrogens (tertiary/aromatic N) is 1. The van der Waals surface area contributed by atoms with Crippen molar-refractivity contribution in [2.75, 3.05) is 6.26 Å². The van der Waals surface area contributed by atoms with E-state index in [0.29, 0.717) is 0 Å². The molecule has 2 N–H and O–H groups in total. The summed E-state index contributed by atoms with van der Waals surface area (Å²) in [6.45, 7) is 0. The lowest BCUT2D eigenvalue weighted by Gasteiger charge is -1.82. The van der Waals surface area contributed by atoms with E-state index in [-0.39, 0.29) is 0 Å². The van der Waals surface area contributed by atoms with Gasteiger partial charge in [0.05, 0.1) is 0 Å². The summed E-state index contributed by atoms with van der Waals surface area (Å²) in [4.78, 5) is 9.63. The van der Waals surface area contributed by atoms with Crippen LogP contribution in [0.15, 0.2) is 0 Å². The minimum absolute atomic E-state index is 0.623. The zero-order valence-electron chi connectivity index (χ0n) is 3.34. The standard InChI is InChI=1S/C2H5N2OS/c1-6-4-2(3)5/h1H3,(H2,3,5). The van der Waals surface area contributed by atoms with Crippen molar-refractivity contribution in [3.63, 3.8) is 0 Å². The Bertz CT molecular complexity index is 55.5. The summed E-state index contributed by atoms with van der Waals surface area (Å²) in [5.41, 5.74) is 4.58. The molecule has 0 aliphatic carbocycles. The number of carbonyl (C=O) groups is 1. The van der Waals surface area contributed by atoms with E-state index in [1.54, 1.807) is 6.26 Å². The van der Waals surface area contributed by atoms with E-state index in [4.69, 9.17) is 0 Å². The van der Waals surface area contributed by atoms with Crippen molar-refractivity contribution in [1.82, 2.24) is 4.72 Å². The fourth-order valence-electron chi connectivity index (χ4n) is 0.0900. The maximum atomic E-state index is 9.63. The fraction of sp³-hybridized carbons (Fsp3) is 0.500. The van der Waals surface area contributed by atoms with Crippen LogP contribution in [-0.2, 0) is 0 Å². The van der Waals surface area contributed by atoms with Crippen LogP contribution in [0.25, 0.3) is 0 Å². The van der Waals surface area contributed by atoms with Crippen LogP contribution < -0.4 is 10.5 Å². The molecule has 0 bridgehead atoms. The highest BCUT2D eigenvalue weighted by atomic mass is 32.2. The van der Waals surface area contributed by atoms with Crippen molar-refractivity contribution >= 4 is 18.0 Å². The van der Waals surface area contributed by atoms with Crippen molar-refractivity contribution < 1.29 is 4.79 Å². The van der Waals surface area contributed by atoms with Gasteiger partial charge in [-0.3, -0.25) is 0 Å². The monoisotopic (exact) mass is 105 g/mol. The molecule has 35 valence electrons. The van der Waals surface area contributed by atoms with Crippen LogP contribution in [0.5, 0.6) is 0 Å². The Labute approximate surface area is 40.4 Å². The molecule has 0 saturated heterocycles. The smallest absolute Gasteiger partial charge is 0.345 e. The largest absolute Gasteiger partial charge is 0.349 e. The predicted molar refractivity (Wildman–Crippen MR) is 25.2 cm³/mol. The molecule has 0 aromatic rings. The first kappa shape index (κ1) is 5.62. The van der Waals surface area contributed by atoms with Gasteiger partial charge >= 0.3 is 6.03 Å². The molecule has 2 amide bonds. The minimum Gasteiger partial charge on any atom is -0.349 e. The van der Waals surface area contributed by atoms with Crippen molar-refractivity contribution in [1.29, 1.82) is 0 Å². The lowest BCUT2D eigenvalue weighted by molar-refractivity contribution is 0.254. The van der Waals surface area contributed by atoms with Crippen LogP contribution >= 0.6 is 11.9 Å². The second kappa shape index (κ2) is 2.84. The highest BCUT2D eigenvalue weighted by molar-refractivity contribution is 7.97. The number of nitrogens with two attached hydrogens (primary N) is 1.